The number of carboxylic acids is 1. The molecule has 126 valence electrons. The Bertz CT molecular complexity index is 668. The van der Waals surface area contributed by atoms with Gasteiger partial charge in [-0.2, -0.15) is 0 Å². The number of piperazine rings is 1. The van der Waals surface area contributed by atoms with Gasteiger partial charge < -0.3 is 10.0 Å². The average molecular weight is 328 g/mol. The summed E-state index contributed by atoms with van der Waals surface area (Å²) < 4.78 is 13.0. The van der Waals surface area contributed by atoms with E-state index < -0.39 is 12.0 Å². The first-order valence-corrected chi connectivity index (χ1v) is 8.15. The first-order chi connectivity index (χ1) is 11.6. The van der Waals surface area contributed by atoms with Gasteiger partial charge in [0.05, 0.1) is 0 Å². The second kappa shape index (κ2) is 7.45. The predicted octanol–water partition coefficient (Wildman–Crippen LogP) is 2.64. The molecule has 2 aromatic rings. The lowest BCUT2D eigenvalue weighted by atomic mass is 10.0. The molecule has 1 aliphatic rings. The minimum atomic E-state index is -0.826. The van der Waals surface area contributed by atoms with Crippen LogP contribution in [0.1, 0.15) is 5.56 Å². The van der Waals surface area contributed by atoms with Gasteiger partial charge in [0.2, 0.25) is 0 Å². The van der Waals surface area contributed by atoms with Gasteiger partial charge in [0.1, 0.15) is 11.9 Å². The van der Waals surface area contributed by atoms with Crippen molar-refractivity contribution in [1.82, 2.24) is 4.90 Å². The number of hydrogen-bond acceptors (Lipinski definition) is 3. The lowest BCUT2D eigenvalue weighted by Crippen LogP contribution is -2.53. The summed E-state index contributed by atoms with van der Waals surface area (Å²) in [6.07, 6.45) is 0.390. The average Bonchev–Trinajstić information content (AvgIpc) is 2.62. The largest absolute Gasteiger partial charge is 0.480 e. The molecule has 1 heterocycles. The summed E-state index contributed by atoms with van der Waals surface area (Å²) in [5, 5.41) is 9.59. The van der Waals surface area contributed by atoms with Crippen molar-refractivity contribution in [3.05, 3.63) is 66.0 Å². The number of rotatable bonds is 5. The van der Waals surface area contributed by atoms with E-state index in [1.807, 2.05) is 23.1 Å². The minimum absolute atomic E-state index is 0.304. The van der Waals surface area contributed by atoms with Crippen LogP contribution in [0.3, 0.4) is 0 Å². The molecule has 0 aromatic heterocycles. The van der Waals surface area contributed by atoms with Crippen molar-refractivity contribution in [3.8, 4) is 0 Å². The molecule has 0 saturated carbocycles. The highest BCUT2D eigenvalue weighted by Crippen LogP contribution is 2.18. The minimum Gasteiger partial charge on any atom is -0.480 e. The molecule has 0 amide bonds. The first kappa shape index (κ1) is 16.5. The molecule has 4 nitrogen and oxygen atoms in total. The number of carboxylic acid groups (broad SMARTS) is 1. The molecule has 1 atom stereocenters. The standard InChI is InChI=1S/C19H21FN2O2/c20-16-8-6-15(7-9-16)14-18(19(23)24)22-12-10-21(11-13-22)17-4-2-1-3-5-17/h1-9,18H,10-14H2,(H,23,24)/t18-/m1/s1. The van der Waals surface area contributed by atoms with Gasteiger partial charge >= 0.3 is 5.97 Å². The van der Waals surface area contributed by atoms with Crippen LogP contribution in [-0.4, -0.2) is 48.2 Å². The zero-order valence-electron chi connectivity index (χ0n) is 13.4. The number of nitrogens with zero attached hydrogens (tertiary/aromatic N) is 2. The Morgan fingerprint density at radius 3 is 2.21 bits per heavy atom. The molecule has 1 fully saturated rings. The number of halogens is 1. The molecule has 1 saturated heterocycles. The Kier molecular flexibility index (Phi) is 5.11. The number of benzene rings is 2. The smallest absolute Gasteiger partial charge is 0.321 e. The molecule has 5 heteroatoms. The molecule has 0 aliphatic carbocycles. The highest BCUT2D eigenvalue weighted by Gasteiger charge is 2.29. The quantitative estimate of drug-likeness (QED) is 0.916. The third-order valence-electron chi connectivity index (χ3n) is 4.50. The van der Waals surface area contributed by atoms with Crippen molar-refractivity contribution in [2.45, 2.75) is 12.5 Å². The normalized spacial score (nSPS) is 16.8. The van der Waals surface area contributed by atoms with E-state index in [0.29, 0.717) is 19.5 Å². The van der Waals surface area contributed by atoms with Crippen LogP contribution in [-0.2, 0) is 11.2 Å². The fourth-order valence-corrected chi connectivity index (χ4v) is 3.15. The Morgan fingerprint density at radius 1 is 1.00 bits per heavy atom. The van der Waals surface area contributed by atoms with E-state index in [1.165, 1.54) is 17.8 Å². The van der Waals surface area contributed by atoms with Crippen LogP contribution in [0, 0.1) is 5.82 Å². The molecule has 0 bridgehead atoms. The highest BCUT2D eigenvalue weighted by molar-refractivity contribution is 5.74. The van der Waals surface area contributed by atoms with Gasteiger partial charge in [0.15, 0.2) is 0 Å². The van der Waals surface area contributed by atoms with Gasteiger partial charge in [0, 0.05) is 31.9 Å². The number of carbonyl (C=O) groups is 1. The van der Waals surface area contributed by atoms with Crippen molar-refractivity contribution in [2.24, 2.45) is 0 Å². The summed E-state index contributed by atoms with van der Waals surface area (Å²) in [6, 6.07) is 15.6. The Labute approximate surface area is 141 Å². The van der Waals surface area contributed by atoms with Crippen LogP contribution in [0.15, 0.2) is 54.6 Å². The maximum absolute atomic E-state index is 13.0. The zero-order valence-corrected chi connectivity index (χ0v) is 13.4. The fraction of sp³-hybridized carbons (Fsp3) is 0.316. The van der Waals surface area contributed by atoms with Crippen LogP contribution in [0.4, 0.5) is 10.1 Å². The Morgan fingerprint density at radius 2 is 1.62 bits per heavy atom. The van der Waals surface area contributed by atoms with E-state index in [0.717, 1.165) is 18.7 Å². The molecule has 0 radical (unpaired) electrons. The Balaban J connectivity index is 1.63. The summed E-state index contributed by atoms with van der Waals surface area (Å²) in [6.45, 7) is 3.01. The molecule has 0 spiro atoms. The van der Waals surface area contributed by atoms with E-state index in [4.69, 9.17) is 0 Å². The van der Waals surface area contributed by atoms with Crippen molar-refractivity contribution in [3.63, 3.8) is 0 Å². The first-order valence-electron chi connectivity index (χ1n) is 8.15. The van der Waals surface area contributed by atoms with E-state index >= 15 is 0 Å². The molecular weight excluding hydrogens is 307 g/mol. The highest BCUT2D eigenvalue weighted by atomic mass is 19.1. The number of aliphatic carboxylic acids is 1. The monoisotopic (exact) mass is 328 g/mol. The number of para-hydroxylation sites is 1. The van der Waals surface area contributed by atoms with Crippen LogP contribution >= 0.6 is 0 Å². The second-order valence-electron chi connectivity index (χ2n) is 6.04. The lowest BCUT2D eigenvalue weighted by molar-refractivity contribution is -0.143. The third-order valence-corrected chi connectivity index (χ3v) is 4.50. The predicted molar refractivity (Wildman–Crippen MR) is 91.8 cm³/mol. The summed E-state index contributed by atoms with van der Waals surface area (Å²) in [4.78, 5) is 16.0. The van der Waals surface area contributed by atoms with Gasteiger partial charge in [-0.1, -0.05) is 30.3 Å². The lowest BCUT2D eigenvalue weighted by Gasteiger charge is -2.38. The second-order valence-corrected chi connectivity index (χ2v) is 6.04. The van der Waals surface area contributed by atoms with Crippen LogP contribution in [0.25, 0.3) is 0 Å². The SMILES string of the molecule is O=C(O)[C@@H](Cc1ccc(F)cc1)N1CCN(c2ccccc2)CC1. The molecule has 24 heavy (non-hydrogen) atoms. The van der Waals surface area contributed by atoms with Crippen molar-refractivity contribution in [1.29, 1.82) is 0 Å². The molecular formula is C19H21FN2O2. The maximum Gasteiger partial charge on any atom is 0.321 e. The maximum atomic E-state index is 13.0. The number of anilines is 1. The van der Waals surface area contributed by atoms with Gasteiger partial charge in [-0.3, -0.25) is 9.69 Å². The van der Waals surface area contributed by atoms with E-state index in [9.17, 15) is 14.3 Å². The van der Waals surface area contributed by atoms with Gasteiger partial charge in [-0.25, -0.2) is 4.39 Å². The van der Waals surface area contributed by atoms with Gasteiger partial charge in [-0.15, -0.1) is 0 Å². The van der Waals surface area contributed by atoms with Crippen LogP contribution in [0.5, 0.6) is 0 Å². The molecule has 0 unspecified atom stereocenters. The van der Waals surface area contributed by atoms with Crippen molar-refractivity contribution < 1.29 is 14.3 Å². The van der Waals surface area contributed by atoms with E-state index in [-0.39, 0.29) is 5.82 Å². The van der Waals surface area contributed by atoms with E-state index in [2.05, 4.69) is 17.0 Å². The van der Waals surface area contributed by atoms with Crippen LogP contribution in [0.2, 0.25) is 0 Å². The summed E-state index contributed by atoms with van der Waals surface area (Å²) in [5.74, 6) is -1.13. The summed E-state index contributed by atoms with van der Waals surface area (Å²) >= 11 is 0. The molecule has 2 aromatic carbocycles. The molecule has 1 aliphatic heterocycles. The Hall–Kier alpha value is -2.40. The fourth-order valence-electron chi connectivity index (χ4n) is 3.15. The molecule has 1 N–H and O–H groups in total. The van der Waals surface area contributed by atoms with Crippen LogP contribution < -0.4 is 4.90 Å². The van der Waals surface area contributed by atoms with E-state index in [1.54, 1.807) is 12.1 Å². The summed E-state index contributed by atoms with van der Waals surface area (Å²) in [5.41, 5.74) is 2.01. The number of hydrogen-bond donors (Lipinski definition) is 1. The van der Waals surface area contributed by atoms with Crippen molar-refractivity contribution >= 4 is 11.7 Å². The molecule has 3 rings (SSSR count). The summed E-state index contributed by atoms with van der Waals surface area (Å²) in [7, 11) is 0. The third kappa shape index (κ3) is 3.92. The topological polar surface area (TPSA) is 43.8 Å². The zero-order chi connectivity index (χ0) is 16.9. The van der Waals surface area contributed by atoms with Gasteiger partial charge in [-0.05, 0) is 36.2 Å². The van der Waals surface area contributed by atoms with Crippen molar-refractivity contribution in [2.75, 3.05) is 31.1 Å². The van der Waals surface area contributed by atoms with Gasteiger partial charge in [0.25, 0.3) is 0 Å².